The summed E-state index contributed by atoms with van der Waals surface area (Å²) in [6.45, 7) is 5.94. The third-order valence-electron chi connectivity index (χ3n) is 6.82. The fourth-order valence-corrected chi connectivity index (χ4v) is 5.90. The number of pyridine rings is 1. The first-order valence-electron chi connectivity index (χ1n) is 12.5. The maximum absolute atomic E-state index is 13.5. The third kappa shape index (κ3) is 6.00. The number of halogens is 2. The SMILES string of the molecule is CCC(=O)[C@@H](C)[C@H](C)Cn1cnc2ccc(-c3cnc(OC)c(NS(=O)(=O)c4ccc(F)cc4Cl)c3)cc2c1=O. The Morgan fingerprint density at radius 2 is 1.88 bits per heavy atom. The highest BCUT2D eigenvalue weighted by molar-refractivity contribution is 7.92. The van der Waals surface area contributed by atoms with Gasteiger partial charge in [-0.1, -0.05) is 38.4 Å². The van der Waals surface area contributed by atoms with Gasteiger partial charge in [-0.25, -0.2) is 22.8 Å². The van der Waals surface area contributed by atoms with Gasteiger partial charge >= 0.3 is 0 Å². The number of nitrogens with zero attached hydrogens (tertiary/aromatic N) is 3. The quantitative estimate of drug-likeness (QED) is 0.267. The van der Waals surface area contributed by atoms with Crippen molar-refractivity contribution in [1.29, 1.82) is 0 Å². The maximum Gasteiger partial charge on any atom is 0.263 e. The predicted octanol–water partition coefficient (Wildman–Crippen LogP) is 5.31. The second-order valence-corrected chi connectivity index (χ2v) is 11.5. The lowest BCUT2D eigenvalue weighted by Gasteiger charge is -2.19. The molecule has 0 aliphatic carbocycles. The minimum Gasteiger partial charge on any atom is -0.480 e. The lowest BCUT2D eigenvalue weighted by molar-refractivity contribution is -0.123. The topological polar surface area (TPSA) is 120 Å². The van der Waals surface area contributed by atoms with Crippen LogP contribution in [0.15, 0.2) is 64.7 Å². The summed E-state index contributed by atoms with van der Waals surface area (Å²) >= 11 is 5.98. The molecule has 0 aliphatic heterocycles. The lowest BCUT2D eigenvalue weighted by atomic mass is 9.90. The summed E-state index contributed by atoms with van der Waals surface area (Å²) in [5.41, 5.74) is 1.33. The van der Waals surface area contributed by atoms with Crippen LogP contribution in [0, 0.1) is 17.7 Å². The van der Waals surface area contributed by atoms with Crippen molar-refractivity contribution in [2.75, 3.05) is 11.8 Å². The van der Waals surface area contributed by atoms with Crippen molar-refractivity contribution in [2.24, 2.45) is 11.8 Å². The standard InChI is InChI=1S/C28H28ClFN4O5S/c1-5-25(35)17(3)16(2)14-34-15-32-23-8-6-18(10-21(23)28(34)36)19-11-24(27(39-4)31-13-19)33-40(37,38)26-9-7-20(30)12-22(26)29/h6-13,15-17,33H,5,14H2,1-4H3/t16-,17+/m1/s1. The Kier molecular flexibility index (Phi) is 8.55. The zero-order valence-corrected chi connectivity index (χ0v) is 23.9. The summed E-state index contributed by atoms with van der Waals surface area (Å²) in [6, 6.07) is 9.55. The van der Waals surface area contributed by atoms with Gasteiger partial charge in [0.1, 0.15) is 22.2 Å². The number of carbonyl (C=O) groups is 1. The smallest absolute Gasteiger partial charge is 0.263 e. The van der Waals surface area contributed by atoms with Crippen LogP contribution >= 0.6 is 11.6 Å². The molecule has 0 aliphatic rings. The minimum atomic E-state index is -4.22. The average Bonchev–Trinajstić information content (AvgIpc) is 2.93. The van der Waals surface area contributed by atoms with E-state index in [9.17, 15) is 22.4 Å². The van der Waals surface area contributed by atoms with E-state index in [2.05, 4.69) is 14.7 Å². The van der Waals surface area contributed by atoms with E-state index in [4.69, 9.17) is 16.3 Å². The molecular formula is C28H28ClFN4O5S. The van der Waals surface area contributed by atoms with E-state index in [0.29, 0.717) is 35.0 Å². The number of fused-ring (bicyclic) bond motifs is 1. The van der Waals surface area contributed by atoms with Crippen molar-refractivity contribution in [3.63, 3.8) is 0 Å². The first kappa shape index (κ1) is 29.2. The van der Waals surface area contributed by atoms with Crippen LogP contribution in [0.4, 0.5) is 10.1 Å². The number of carbonyl (C=O) groups excluding carboxylic acids is 1. The second kappa shape index (κ2) is 11.7. The fraction of sp³-hybridized carbons (Fsp3) is 0.286. The van der Waals surface area contributed by atoms with Gasteiger partial charge in [0.15, 0.2) is 0 Å². The summed E-state index contributed by atoms with van der Waals surface area (Å²) in [6.07, 6.45) is 3.40. The molecule has 0 saturated carbocycles. The van der Waals surface area contributed by atoms with Gasteiger partial charge in [-0.3, -0.25) is 18.9 Å². The van der Waals surface area contributed by atoms with Gasteiger partial charge in [-0.15, -0.1) is 0 Å². The van der Waals surface area contributed by atoms with E-state index in [1.54, 1.807) is 18.2 Å². The molecule has 1 N–H and O–H groups in total. The zero-order valence-electron chi connectivity index (χ0n) is 22.3. The number of rotatable bonds is 10. The summed E-state index contributed by atoms with van der Waals surface area (Å²) < 4.78 is 48.6. The number of nitrogens with one attached hydrogen (secondary N) is 1. The molecule has 2 aromatic carbocycles. The molecule has 0 fully saturated rings. The molecule has 2 aromatic heterocycles. The van der Waals surface area contributed by atoms with Gasteiger partial charge < -0.3 is 4.74 Å². The Labute approximate surface area is 236 Å². The Balaban J connectivity index is 1.71. The lowest BCUT2D eigenvalue weighted by Crippen LogP contribution is -2.28. The summed E-state index contributed by atoms with van der Waals surface area (Å²) in [5, 5.41) is 0.0781. The number of hydrogen-bond donors (Lipinski definition) is 1. The third-order valence-corrected chi connectivity index (χ3v) is 8.67. The Morgan fingerprint density at radius 1 is 1.12 bits per heavy atom. The van der Waals surface area contributed by atoms with E-state index in [0.717, 1.165) is 18.2 Å². The molecule has 0 radical (unpaired) electrons. The van der Waals surface area contributed by atoms with Crippen LogP contribution in [0.2, 0.25) is 5.02 Å². The van der Waals surface area contributed by atoms with E-state index >= 15 is 0 Å². The highest BCUT2D eigenvalue weighted by Crippen LogP contribution is 2.32. The number of benzene rings is 2. The number of aromatic nitrogens is 3. The van der Waals surface area contributed by atoms with Gasteiger partial charge in [0.25, 0.3) is 15.6 Å². The predicted molar refractivity (Wildman–Crippen MR) is 152 cm³/mol. The number of anilines is 1. The van der Waals surface area contributed by atoms with Gasteiger partial charge in [0.2, 0.25) is 5.88 Å². The van der Waals surface area contributed by atoms with Crippen LogP contribution in [0.1, 0.15) is 27.2 Å². The number of ether oxygens (including phenoxy) is 1. The van der Waals surface area contributed by atoms with Crippen LogP contribution in [-0.4, -0.2) is 35.8 Å². The normalized spacial score (nSPS) is 13.2. The number of sulfonamides is 1. The van der Waals surface area contributed by atoms with E-state index in [-0.39, 0.29) is 44.7 Å². The van der Waals surface area contributed by atoms with Crippen molar-refractivity contribution in [3.8, 4) is 17.0 Å². The van der Waals surface area contributed by atoms with E-state index in [1.807, 2.05) is 20.8 Å². The van der Waals surface area contributed by atoms with Crippen molar-refractivity contribution in [2.45, 2.75) is 38.6 Å². The zero-order chi connectivity index (χ0) is 29.2. The molecular weight excluding hydrogens is 559 g/mol. The van der Waals surface area contributed by atoms with E-state index in [1.165, 1.54) is 30.3 Å². The molecule has 40 heavy (non-hydrogen) atoms. The van der Waals surface area contributed by atoms with E-state index < -0.39 is 15.8 Å². The minimum absolute atomic E-state index is 0.0000968. The van der Waals surface area contributed by atoms with Crippen molar-refractivity contribution >= 4 is 44.0 Å². The Bertz CT molecular complexity index is 1760. The molecule has 12 heteroatoms. The fourth-order valence-electron chi connectivity index (χ4n) is 4.32. The van der Waals surface area contributed by atoms with Crippen molar-refractivity contribution < 1.29 is 22.3 Å². The molecule has 210 valence electrons. The number of hydrogen-bond acceptors (Lipinski definition) is 7. The molecule has 4 aromatic rings. The first-order valence-corrected chi connectivity index (χ1v) is 14.4. The van der Waals surface area contributed by atoms with Crippen molar-refractivity contribution in [1.82, 2.24) is 14.5 Å². The van der Waals surface area contributed by atoms with Crippen LogP contribution in [0.5, 0.6) is 5.88 Å². The molecule has 0 saturated heterocycles. The summed E-state index contributed by atoms with van der Waals surface area (Å²) in [4.78, 5) is 33.8. The molecule has 0 bridgehead atoms. The van der Waals surface area contributed by atoms with Gasteiger partial charge in [0, 0.05) is 30.6 Å². The number of methoxy groups -OCH3 is 1. The average molecular weight is 587 g/mol. The Hall–Kier alpha value is -3.83. The molecule has 0 amide bonds. The molecule has 9 nitrogen and oxygen atoms in total. The van der Waals surface area contributed by atoms with Crippen LogP contribution < -0.4 is 15.0 Å². The monoisotopic (exact) mass is 586 g/mol. The van der Waals surface area contributed by atoms with Gasteiger partial charge in [-0.05, 0) is 47.9 Å². The number of ketones is 1. The van der Waals surface area contributed by atoms with Gasteiger partial charge in [-0.2, -0.15) is 0 Å². The molecule has 0 unspecified atom stereocenters. The number of Topliss-reactive ketones (excluding diaryl/α,β-unsaturated/α-hetero) is 1. The molecule has 4 rings (SSSR count). The highest BCUT2D eigenvalue weighted by atomic mass is 35.5. The summed E-state index contributed by atoms with van der Waals surface area (Å²) in [7, 11) is -2.88. The van der Waals surface area contributed by atoms with Crippen LogP contribution in [0.25, 0.3) is 22.0 Å². The van der Waals surface area contributed by atoms with Crippen LogP contribution in [0.3, 0.4) is 0 Å². The molecule has 2 heterocycles. The first-order chi connectivity index (χ1) is 18.9. The highest BCUT2D eigenvalue weighted by Gasteiger charge is 2.22. The largest absolute Gasteiger partial charge is 0.480 e. The van der Waals surface area contributed by atoms with Crippen molar-refractivity contribution in [3.05, 3.63) is 76.2 Å². The molecule has 2 atom stereocenters. The molecule has 0 spiro atoms. The second-order valence-electron chi connectivity index (χ2n) is 9.48. The summed E-state index contributed by atoms with van der Waals surface area (Å²) in [5.74, 6) is -0.801. The maximum atomic E-state index is 13.5. The Morgan fingerprint density at radius 3 is 2.55 bits per heavy atom. The van der Waals surface area contributed by atoms with Gasteiger partial charge in [0.05, 0.1) is 29.4 Å². The van der Waals surface area contributed by atoms with Crippen LogP contribution in [-0.2, 0) is 21.4 Å².